The van der Waals surface area contributed by atoms with Gasteiger partial charge in [-0.25, -0.2) is 9.50 Å². The molecule has 18 heavy (non-hydrogen) atoms. The van der Waals surface area contributed by atoms with Crippen LogP contribution in [0.25, 0.3) is 5.65 Å². The Labute approximate surface area is 106 Å². The molecule has 0 saturated carbocycles. The summed E-state index contributed by atoms with van der Waals surface area (Å²) in [7, 11) is 1.66. The van der Waals surface area contributed by atoms with Crippen molar-refractivity contribution in [2.45, 2.75) is 25.8 Å². The highest BCUT2D eigenvalue weighted by atomic mass is 16.5. The summed E-state index contributed by atoms with van der Waals surface area (Å²) in [6.45, 7) is 4.40. The van der Waals surface area contributed by atoms with Crippen molar-refractivity contribution in [3.8, 4) is 5.75 Å². The zero-order valence-corrected chi connectivity index (χ0v) is 10.8. The summed E-state index contributed by atoms with van der Waals surface area (Å²) >= 11 is 0. The van der Waals surface area contributed by atoms with Crippen LogP contribution in [0.5, 0.6) is 5.75 Å². The fourth-order valence-corrected chi connectivity index (χ4v) is 2.64. The van der Waals surface area contributed by atoms with E-state index in [1.165, 1.54) is 6.42 Å². The van der Waals surface area contributed by atoms with Crippen molar-refractivity contribution in [1.29, 1.82) is 0 Å². The molecule has 1 fully saturated rings. The topological polar surface area (TPSA) is 42.7 Å². The lowest BCUT2D eigenvalue weighted by Gasteiger charge is -2.19. The molecule has 1 saturated heterocycles. The number of hydrogen-bond acceptors (Lipinski definition) is 4. The Morgan fingerprint density at radius 3 is 3.11 bits per heavy atom. The molecule has 3 rings (SSSR count). The first-order valence-corrected chi connectivity index (χ1v) is 6.46. The zero-order valence-electron chi connectivity index (χ0n) is 10.8. The Balaban J connectivity index is 1.97. The fraction of sp³-hybridized carbons (Fsp3) is 0.538. The summed E-state index contributed by atoms with van der Waals surface area (Å²) in [5.74, 6) is 1.74. The third-order valence-electron chi connectivity index (χ3n) is 3.62. The van der Waals surface area contributed by atoms with Crippen LogP contribution in [0.2, 0.25) is 0 Å². The van der Waals surface area contributed by atoms with Crippen molar-refractivity contribution in [2.24, 2.45) is 0 Å². The summed E-state index contributed by atoms with van der Waals surface area (Å²) < 4.78 is 7.01. The summed E-state index contributed by atoms with van der Waals surface area (Å²) in [5.41, 5.74) is 0.883. The SMILES string of the molecule is CCN1CCCC1c1nc2ccc(OC)cn2n1. The second-order valence-electron chi connectivity index (χ2n) is 4.63. The lowest BCUT2D eigenvalue weighted by molar-refractivity contribution is 0.262. The van der Waals surface area contributed by atoms with Crippen molar-refractivity contribution in [3.63, 3.8) is 0 Å². The van der Waals surface area contributed by atoms with Gasteiger partial charge < -0.3 is 4.74 Å². The van der Waals surface area contributed by atoms with Gasteiger partial charge in [0.05, 0.1) is 19.3 Å². The Morgan fingerprint density at radius 1 is 1.44 bits per heavy atom. The first kappa shape index (κ1) is 11.5. The number of ether oxygens (including phenoxy) is 1. The number of methoxy groups -OCH3 is 1. The molecule has 3 heterocycles. The highest BCUT2D eigenvalue weighted by molar-refractivity contribution is 5.40. The van der Waals surface area contributed by atoms with Crippen LogP contribution in [0.3, 0.4) is 0 Å². The smallest absolute Gasteiger partial charge is 0.168 e. The maximum atomic E-state index is 5.20. The molecular weight excluding hydrogens is 228 g/mol. The molecule has 0 aliphatic carbocycles. The van der Waals surface area contributed by atoms with Gasteiger partial charge in [0.25, 0.3) is 0 Å². The normalized spacial score (nSPS) is 20.7. The van der Waals surface area contributed by atoms with Gasteiger partial charge in [-0.1, -0.05) is 6.92 Å². The minimum absolute atomic E-state index is 0.376. The van der Waals surface area contributed by atoms with Crippen molar-refractivity contribution >= 4 is 5.65 Å². The maximum Gasteiger partial charge on any atom is 0.168 e. The molecule has 0 aromatic carbocycles. The second kappa shape index (κ2) is 4.57. The first-order valence-electron chi connectivity index (χ1n) is 6.46. The maximum absolute atomic E-state index is 5.20. The molecule has 0 amide bonds. The third kappa shape index (κ3) is 1.84. The second-order valence-corrected chi connectivity index (χ2v) is 4.63. The number of fused-ring (bicyclic) bond motifs is 1. The molecule has 5 heteroatoms. The Morgan fingerprint density at radius 2 is 2.33 bits per heavy atom. The third-order valence-corrected chi connectivity index (χ3v) is 3.62. The molecule has 0 spiro atoms. The Kier molecular flexibility index (Phi) is 2.91. The lowest BCUT2D eigenvalue weighted by atomic mass is 10.2. The molecule has 0 radical (unpaired) electrons. The number of aromatic nitrogens is 3. The molecule has 96 valence electrons. The van der Waals surface area contributed by atoms with Crippen molar-refractivity contribution in [1.82, 2.24) is 19.5 Å². The van der Waals surface area contributed by atoms with E-state index < -0.39 is 0 Å². The molecule has 0 N–H and O–H groups in total. The van der Waals surface area contributed by atoms with E-state index in [9.17, 15) is 0 Å². The van der Waals surface area contributed by atoms with Crippen molar-refractivity contribution in [2.75, 3.05) is 20.2 Å². The molecule has 1 atom stereocenters. The molecule has 2 aromatic heterocycles. The molecule has 1 aliphatic rings. The highest BCUT2D eigenvalue weighted by Crippen LogP contribution is 2.29. The summed E-state index contributed by atoms with van der Waals surface area (Å²) in [4.78, 5) is 7.06. The molecule has 1 aliphatic heterocycles. The summed E-state index contributed by atoms with van der Waals surface area (Å²) in [6.07, 6.45) is 4.26. The van der Waals surface area contributed by atoms with Crippen molar-refractivity contribution < 1.29 is 4.74 Å². The number of nitrogens with zero attached hydrogens (tertiary/aromatic N) is 4. The quantitative estimate of drug-likeness (QED) is 0.829. The van der Waals surface area contributed by atoms with Gasteiger partial charge in [0.1, 0.15) is 5.75 Å². The van der Waals surface area contributed by atoms with Gasteiger partial charge in [0, 0.05) is 0 Å². The van der Waals surface area contributed by atoms with Gasteiger partial charge in [-0.05, 0) is 38.1 Å². The molecule has 2 aromatic rings. The van der Waals surface area contributed by atoms with Gasteiger partial charge in [0.15, 0.2) is 11.5 Å². The number of rotatable bonds is 3. The standard InChI is InChI=1S/C13H18N4O/c1-3-16-8-4-5-11(16)13-14-12-7-6-10(18-2)9-17(12)15-13/h6-7,9,11H,3-5,8H2,1-2H3. The van der Waals surface area contributed by atoms with Gasteiger partial charge in [-0.3, -0.25) is 4.90 Å². The molecule has 0 bridgehead atoms. The van der Waals surface area contributed by atoms with E-state index in [1.54, 1.807) is 11.6 Å². The van der Waals surface area contributed by atoms with E-state index >= 15 is 0 Å². The molecule has 1 unspecified atom stereocenters. The fourth-order valence-electron chi connectivity index (χ4n) is 2.64. The zero-order chi connectivity index (χ0) is 12.5. The van der Waals surface area contributed by atoms with E-state index in [1.807, 2.05) is 18.3 Å². The first-order chi connectivity index (χ1) is 8.81. The van der Waals surface area contributed by atoms with Crippen LogP contribution in [0.15, 0.2) is 18.3 Å². The van der Waals surface area contributed by atoms with Gasteiger partial charge in [-0.15, -0.1) is 5.10 Å². The number of hydrogen-bond donors (Lipinski definition) is 0. The van der Waals surface area contributed by atoms with Crippen LogP contribution < -0.4 is 4.74 Å². The highest BCUT2D eigenvalue weighted by Gasteiger charge is 2.27. The minimum Gasteiger partial charge on any atom is -0.495 e. The van der Waals surface area contributed by atoms with E-state index in [2.05, 4.69) is 21.9 Å². The monoisotopic (exact) mass is 246 g/mol. The number of likely N-dealkylation sites (tertiary alicyclic amines) is 1. The van der Waals surface area contributed by atoms with Crippen LogP contribution in [0.4, 0.5) is 0 Å². The van der Waals surface area contributed by atoms with Crippen LogP contribution in [-0.4, -0.2) is 39.7 Å². The molecular formula is C13H18N4O. The van der Waals surface area contributed by atoms with E-state index in [0.29, 0.717) is 6.04 Å². The average Bonchev–Trinajstić information content (AvgIpc) is 3.03. The van der Waals surface area contributed by atoms with Gasteiger partial charge >= 0.3 is 0 Å². The van der Waals surface area contributed by atoms with Gasteiger partial charge in [0.2, 0.25) is 0 Å². The van der Waals surface area contributed by atoms with E-state index in [-0.39, 0.29) is 0 Å². The average molecular weight is 246 g/mol. The Hall–Kier alpha value is -1.62. The largest absolute Gasteiger partial charge is 0.495 e. The Bertz CT molecular complexity index is 551. The van der Waals surface area contributed by atoms with Crippen LogP contribution in [0.1, 0.15) is 31.6 Å². The predicted molar refractivity (Wildman–Crippen MR) is 68.8 cm³/mol. The van der Waals surface area contributed by atoms with Crippen LogP contribution in [-0.2, 0) is 0 Å². The minimum atomic E-state index is 0.376. The van der Waals surface area contributed by atoms with E-state index in [4.69, 9.17) is 4.74 Å². The number of pyridine rings is 1. The van der Waals surface area contributed by atoms with Gasteiger partial charge in [-0.2, -0.15) is 0 Å². The predicted octanol–water partition coefficient (Wildman–Crippen LogP) is 1.89. The van der Waals surface area contributed by atoms with Crippen LogP contribution >= 0.6 is 0 Å². The summed E-state index contributed by atoms with van der Waals surface area (Å²) in [6, 6.07) is 4.24. The van der Waals surface area contributed by atoms with Crippen molar-refractivity contribution in [3.05, 3.63) is 24.2 Å². The van der Waals surface area contributed by atoms with Crippen LogP contribution in [0, 0.1) is 0 Å². The summed E-state index contributed by atoms with van der Waals surface area (Å²) in [5, 5.41) is 4.59. The van der Waals surface area contributed by atoms with E-state index in [0.717, 1.165) is 36.7 Å². The lowest BCUT2D eigenvalue weighted by Crippen LogP contribution is -2.23. The molecule has 5 nitrogen and oxygen atoms in total.